The van der Waals surface area contributed by atoms with Crippen LogP contribution in [0.2, 0.25) is 0 Å². The van der Waals surface area contributed by atoms with Crippen LogP contribution in [0.4, 0.5) is 10.1 Å². The number of esters is 3. The van der Waals surface area contributed by atoms with E-state index in [1.165, 1.54) is 32.9 Å². The maximum absolute atomic E-state index is 13.7. The first-order valence-corrected chi connectivity index (χ1v) is 15.5. The quantitative estimate of drug-likeness (QED) is 0.121. The Balaban J connectivity index is 1.54. The highest BCUT2D eigenvalue weighted by atomic mass is 19.1. The minimum Gasteiger partial charge on any atom is -0.463 e. The summed E-state index contributed by atoms with van der Waals surface area (Å²) >= 11 is 0. The van der Waals surface area contributed by atoms with Crippen LogP contribution in [-0.2, 0) is 39.8 Å². The molecule has 4 rings (SSSR count). The molecule has 47 heavy (non-hydrogen) atoms. The number of carbonyl (C=O) groups excluding carboxylic acids is 4. The van der Waals surface area contributed by atoms with Crippen molar-refractivity contribution in [2.75, 3.05) is 18.1 Å². The van der Waals surface area contributed by atoms with Crippen LogP contribution in [0.3, 0.4) is 0 Å². The fraction of sp³-hybridized carbons (Fsp3) is 0.351. The SMILES string of the molecule is C=Cc1ccc(N2C(=O)[C@H](CC[C@H](OC(C)=O)c3ccc(F)cc3)[C@H]2c2ccc(CCC(O)(COC(C)=O)COC(C)=O)cc2)cc1. The van der Waals surface area contributed by atoms with E-state index in [4.69, 9.17) is 14.2 Å². The highest BCUT2D eigenvalue weighted by Gasteiger charge is 2.48. The zero-order chi connectivity index (χ0) is 34.1. The zero-order valence-corrected chi connectivity index (χ0v) is 26.8. The van der Waals surface area contributed by atoms with Crippen molar-refractivity contribution in [1.29, 1.82) is 0 Å². The summed E-state index contributed by atoms with van der Waals surface area (Å²) in [4.78, 5) is 50.0. The van der Waals surface area contributed by atoms with E-state index in [0.29, 0.717) is 24.8 Å². The summed E-state index contributed by atoms with van der Waals surface area (Å²) in [5.74, 6) is -2.45. The van der Waals surface area contributed by atoms with Crippen molar-refractivity contribution in [2.24, 2.45) is 5.92 Å². The van der Waals surface area contributed by atoms with Gasteiger partial charge in [0.25, 0.3) is 0 Å². The molecule has 0 bridgehead atoms. The van der Waals surface area contributed by atoms with Crippen molar-refractivity contribution in [3.05, 3.63) is 107 Å². The molecule has 1 aliphatic rings. The molecule has 0 radical (unpaired) electrons. The van der Waals surface area contributed by atoms with E-state index >= 15 is 0 Å². The molecule has 0 aliphatic carbocycles. The van der Waals surface area contributed by atoms with Crippen molar-refractivity contribution in [3.8, 4) is 0 Å². The van der Waals surface area contributed by atoms with Crippen LogP contribution in [0.25, 0.3) is 6.08 Å². The van der Waals surface area contributed by atoms with Gasteiger partial charge in [-0.2, -0.15) is 0 Å². The van der Waals surface area contributed by atoms with E-state index in [-0.39, 0.29) is 31.6 Å². The Morgan fingerprint density at radius 1 is 0.915 bits per heavy atom. The number of hydrogen-bond donors (Lipinski definition) is 1. The number of benzene rings is 3. The Labute approximate surface area is 273 Å². The van der Waals surface area contributed by atoms with Gasteiger partial charge in [0, 0.05) is 26.5 Å². The summed E-state index contributed by atoms with van der Waals surface area (Å²) in [6.45, 7) is 6.96. The third-order valence-electron chi connectivity index (χ3n) is 8.20. The van der Waals surface area contributed by atoms with Crippen LogP contribution < -0.4 is 4.90 Å². The van der Waals surface area contributed by atoms with Crippen molar-refractivity contribution >= 4 is 35.6 Å². The smallest absolute Gasteiger partial charge is 0.303 e. The van der Waals surface area contributed by atoms with Crippen LogP contribution in [0.15, 0.2) is 79.4 Å². The maximum Gasteiger partial charge on any atom is 0.303 e. The second kappa shape index (κ2) is 15.6. The molecule has 1 aliphatic heterocycles. The molecule has 0 saturated carbocycles. The van der Waals surface area contributed by atoms with Gasteiger partial charge in [-0.05, 0) is 72.2 Å². The van der Waals surface area contributed by atoms with Crippen molar-refractivity contribution in [3.63, 3.8) is 0 Å². The lowest BCUT2D eigenvalue weighted by molar-refractivity contribution is -0.161. The van der Waals surface area contributed by atoms with Gasteiger partial charge >= 0.3 is 17.9 Å². The van der Waals surface area contributed by atoms with Crippen LogP contribution >= 0.6 is 0 Å². The molecule has 1 N–H and O–H groups in total. The molecule has 1 amide bonds. The number of carbonyl (C=O) groups is 4. The molecule has 0 unspecified atom stereocenters. The number of aliphatic hydroxyl groups is 1. The van der Waals surface area contributed by atoms with E-state index in [1.54, 1.807) is 23.1 Å². The van der Waals surface area contributed by atoms with E-state index in [0.717, 1.165) is 22.4 Å². The van der Waals surface area contributed by atoms with Crippen molar-refractivity contribution < 1.29 is 42.9 Å². The standard InChI is InChI=1S/C37H40FNO8/c1-5-27-8-16-32(17-9-27)39-35(33(36(39)43)18-19-34(47-26(4)42)29-12-14-31(38)15-13-29)30-10-6-28(7-11-30)20-21-37(44,22-45-24(2)40)23-46-25(3)41/h5-17,33-35,44H,1,18-23H2,2-4H3/t33-,34+,35-/m1/s1. The molecular formula is C37H40FNO8. The maximum atomic E-state index is 13.7. The van der Waals surface area contributed by atoms with E-state index < -0.39 is 41.3 Å². The third-order valence-corrected chi connectivity index (χ3v) is 8.20. The predicted octanol–water partition coefficient (Wildman–Crippen LogP) is 6.05. The molecule has 0 aromatic heterocycles. The number of ether oxygens (including phenoxy) is 3. The largest absolute Gasteiger partial charge is 0.463 e. The number of hydrogen-bond acceptors (Lipinski definition) is 8. The third kappa shape index (κ3) is 9.36. The van der Waals surface area contributed by atoms with Crippen LogP contribution in [0, 0.1) is 11.7 Å². The molecule has 3 aromatic rings. The summed E-state index contributed by atoms with van der Waals surface area (Å²) in [5.41, 5.74) is 2.53. The lowest BCUT2D eigenvalue weighted by Gasteiger charge is -2.48. The average Bonchev–Trinajstić information content (AvgIpc) is 3.05. The molecule has 1 saturated heterocycles. The summed E-state index contributed by atoms with van der Waals surface area (Å²) in [5, 5.41) is 11.0. The number of anilines is 1. The Morgan fingerprint density at radius 2 is 1.51 bits per heavy atom. The van der Waals surface area contributed by atoms with E-state index in [2.05, 4.69) is 6.58 Å². The number of nitrogens with zero attached hydrogens (tertiary/aromatic N) is 1. The number of amides is 1. The number of halogens is 1. The van der Waals surface area contributed by atoms with Gasteiger partial charge in [-0.3, -0.25) is 19.2 Å². The van der Waals surface area contributed by atoms with Crippen LogP contribution in [0.5, 0.6) is 0 Å². The number of rotatable bonds is 15. The molecule has 10 heteroatoms. The van der Waals surface area contributed by atoms with Crippen molar-refractivity contribution in [2.45, 2.75) is 64.2 Å². The van der Waals surface area contributed by atoms with Gasteiger partial charge in [-0.15, -0.1) is 0 Å². The van der Waals surface area contributed by atoms with Crippen LogP contribution in [0.1, 0.15) is 74.4 Å². The summed E-state index contributed by atoms with van der Waals surface area (Å²) < 4.78 is 29.2. The van der Waals surface area contributed by atoms with Crippen LogP contribution in [-0.4, -0.2) is 47.7 Å². The van der Waals surface area contributed by atoms with Gasteiger partial charge < -0.3 is 24.2 Å². The van der Waals surface area contributed by atoms with E-state index in [9.17, 15) is 28.7 Å². The molecule has 1 fully saturated rings. The lowest BCUT2D eigenvalue weighted by atomic mass is 9.78. The molecular weight excluding hydrogens is 605 g/mol. The highest BCUT2D eigenvalue weighted by Crippen LogP contribution is 2.46. The molecule has 1 heterocycles. The summed E-state index contributed by atoms with van der Waals surface area (Å²) in [6, 6.07) is 20.7. The normalized spacial score (nSPS) is 16.5. The fourth-order valence-corrected chi connectivity index (χ4v) is 5.69. The minimum atomic E-state index is -1.56. The predicted molar refractivity (Wildman–Crippen MR) is 173 cm³/mol. The monoisotopic (exact) mass is 645 g/mol. The van der Waals surface area contributed by atoms with Gasteiger partial charge in [0.15, 0.2) is 0 Å². The fourth-order valence-electron chi connectivity index (χ4n) is 5.69. The molecule has 0 spiro atoms. The highest BCUT2D eigenvalue weighted by molar-refractivity contribution is 6.03. The van der Waals surface area contributed by atoms with Gasteiger partial charge in [0.05, 0.1) is 12.0 Å². The molecule has 3 aromatic carbocycles. The Morgan fingerprint density at radius 3 is 2.04 bits per heavy atom. The Hall–Kier alpha value is -4.83. The number of aryl methyl sites for hydroxylation is 1. The van der Waals surface area contributed by atoms with E-state index in [1.807, 2.05) is 48.5 Å². The lowest BCUT2D eigenvalue weighted by Crippen LogP contribution is -2.55. The molecule has 9 nitrogen and oxygen atoms in total. The van der Waals surface area contributed by atoms with Crippen molar-refractivity contribution in [1.82, 2.24) is 0 Å². The second-order valence-corrected chi connectivity index (χ2v) is 11.8. The minimum absolute atomic E-state index is 0.0629. The van der Waals surface area contributed by atoms with Gasteiger partial charge in [0.1, 0.15) is 30.7 Å². The average molecular weight is 646 g/mol. The second-order valence-electron chi connectivity index (χ2n) is 11.8. The first kappa shape index (κ1) is 35.0. The first-order chi connectivity index (χ1) is 22.4. The summed E-state index contributed by atoms with van der Waals surface area (Å²) in [6.07, 6.45) is 2.44. The first-order valence-electron chi connectivity index (χ1n) is 15.5. The van der Waals surface area contributed by atoms with Gasteiger partial charge in [0.2, 0.25) is 5.91 Å². The molecule has 248 valence electrons. The van der Waals surface area contributed by atoms with Gasteiger partial charge in [-0.1, -0.05) is 61.2 Å². The van der Waals surface area contributed by atoms with Gasteiger partial charge in [-0.25, -0.2) is 4.39 Å². The Bertz CT molecular complexity index is 1550. The topological polar surface area (TPSA) is 119 Å². The Kier molecular flexibility index (Phi) is 11.7. The zero-order valence-electron chi connectivity index (χ0n) is 26.8. The summed E-state index contributed by atoms with van der Waals surface area (Å²) in [7, 11) is 0. The number of β-lactam (4-membered cyclic amide) rings is 1. The molecule has 3 atom stereocenters.